The van der Waals surface area contributed by atoms with Crippen LogP contribution in [0.15, 0.2) is 72.9 Å². The molecule has 2 N–H and O–H groups in total. The Morgan fingerprint density at radius 1 is 0.966 bits per heavy atom. The Bertz CT molecular complexity index is 957. The number of carbonyl (C=O) groups excluding carboxylic acids is 2. The van der Waals surface area contributed by atoms with Crippen LogP contribution in [0.2, 0.25) is 0 Å². The standard InChI is InChI=1S/C23H23N3O3/c1-29-23(28)18-10-5-11-20(15-18)26-22(27)19-12-13-21(25-16-19)24-14-6-9-17-7-3-2-4-8-17/h2-5,7-8,10-13,15-16H,6,9,14H2,1H3,(H,24,25)(H,26,27). The van der Waals surface area contributed by atoms with Crippen molar-refractivity contribution >= 4 is 23.4 Å². The molecule has 0 spiro atoms. The smallest absolute Gasteiger partial charge is 0.337 e. The largest absolute Gasteiger partial charge is 0.465 e. The highest BCUT2D eigenvalue weighted by Crippen LogP contribution is 2.14. The number of esters is 1. The molecule has 0 atom stereocenters. The first-order chi connectivity index (χ1) is 14.2. The molecule has 148 valence electrons. The van der Waals surface area contributed by atoms with Gasteiger partial charge in [-0.05, 0) is 48.7 Å². The average Bonchev–Trinajstić information content (AvgIpc) is 2.77. The normalized spacial score (nSPS) is 10.2. The summed E-state index contributed by atoms with van der Waals surface area (Å²) in [6.45, 7) is 0.799. The maximum atomic E-state index is 12.4. The van der Waals surface area contributed by atoms with Gasteiger partial charge in [-0.25, -0.2) is 9.78 Å². The highest BCUT2D eigenvalue weighted by atomic mass is 16.5. The topological polar surface area (TPSA) is 80.3 Å². The second kappa shape index (κ2) is 10.0. The van der Waals surface area contributed by atoms with Crippen LogP contribution in [-0.2, 0) is 11.2 Å². The molecule has 0 bridgehead atoms. The summed E-state index contributed by atoms with van der Waals surface area (Å²) >= 11 is 0. The third kappa shape index (κ3) is 5.90. The van der Waals surface area contributed by atoms with Crippen molar-refractivity contribution in [1.82, 2.24) is 4.98 Å². The van der Waals surface area contributed by atoms with Crippen LogP contribution in [0, 0.1) is 0 Å². The number of ether oxygens (including phenoxy) is 1. The van der Waals surface area contributed by atoms with Crippen LogP contribution in [0.3, 0.4) is 0 Å². The molecule has 0 aliphatic heterocycles. The number of benzene rings is 2. The molecule has 6 heteroatoms. The lowest BCUT2D eigenvalue weighted by Crippen LogP contribution is -2.13. The van der Waals surface area contributed by atoms with E-state index in [0.29, 0.717) is 16.8 Å². The summed E-state index contributed by atoms with van der Waals surface area (Å²) in [5, 5.41) is 6.02. The minimum Gasteiger partial charge on any atom is -0.465 e. The maximum absolute atomic E-state index is 12.4. The number of aryl methyl sites for hydroxylation is 1. The molecular formula is C23H23N3O3. The zero-order chi connectivity index (χ0) is 20.5. The van der Waals surface area contributed by atoms with Crippen LogP contribution in [-0.4, -0.2) is 30.5 Å². The number of hydrogen-bond acceptors (Lipinski definition) is 5. The fourth-order valence-electron chi connectivity index (χ4n) is 2.83. The van der Waals surface area contributed by atoms with Crippen molar-refractivity contribution in [3.63, 3.8) is 0 Å². The first-order valence-electron chi connectivity index (χ1n) is 9.39. The molecule has 0 aliphatic rings. The lowest BCUT2D eigenvalue weighted by atomic mass is 10.1. The van der Waals surface area contributed by atoms with Gasteiger partial charge in [0.05, 0.1) is 18.2 Å². The van der Waals surface area contributed by atoms with E-state index in [1.54, 1.807) is 36.4 Å². The number of methoxy groups -OCH3 is 1. The van der Waals surface area contributed by atoms with E-state index >= 15 is 0 Å². The minimum absolute atomic E-state index is 0.296. The van der Waals surface area contributed by atoms with Gasteiger partial charge in [-0.3, -0.25) is 4.79 Å². The highest BCUT2D eigenvalue weighted by Gasteiger charge is 2.10. The zero-order valence-electron chi connectivity index (χ0n) is 16.2. The van der Waals surface area contributed by atoms with Gasteiger partial charge in [-0.2, -0.15) is 0 Å². The second-order valence-electron chi connectivity index (χ2n) is 6.47. The minimum atomic E-state index is -0.453. The lowest BCUT2D eigenvalue weighted by molar-refractivity contribution is 0.0600. The van der Waals surface area contributed by atoms with E-state index in [0.717, 1.165) is 25.2 Å². The third-order valence-electron chi connectivity index (χ3n) is 4.36. The first-order valence-corrected chi connectivity index (χ1v) is 9.39. The molecule has 0 unspecified atom stereocenters. The predicted molar refractivity (Wildman–Crippen MR) is 113 cm³/mol. The number of anilines is 2. The number of nitrogens with zero attached hydrogens (tertiary/aromatic N) is 1. The van der Waals surface area contributed by atoms with Crippen molar-refractivity contribution in [2.75, 3.05) is 24.3 Å². The molecule has 1 aromatic heterocycles. The molecule has 0 fully saturated rings. The van der Waals surface area contributed by atoms with E-state index < -0.39 is 5.97 Å². The molecule has 2 aromatic carbocycles. The fourth-order valence-corrected chi connectivity index (χ4v) is 2.83. The molecule has 0 radical (unpaired) electrons. The zero-order valence-corrected chi connectivity index (χ0v) is 16.2. The predicted octanol–water partition coefficient (Wildman–Crippen LogP) is 4.17. The van der Waals surface area contributed by atoms with Gasteiger partial charge in [0, 0.05) is 18.4 Å². The molecule has 1 amide bonds. The van der Waals surface area contributed by atoms with E-state index in [1.807, 2.05) is 18.2 Å². The van der Waals surface area contributed by atoms with Gasteiger partial charge in [0.1, 0.15) is 5.82 Å². The van der Waals surface area contributed by atoms with E-state index in [4.69, 9.17) is 4.74 Å². The number of carbonyl (C=O) groups is 2. The quantitative estimate of drug-likeness (QED) is 0.447. The van der Waals surface area contributed by atoms with Crippen LogP contribution in [0.4, 0.5) is 11.5 Å². The SMILES string of the molecule is COC(=O)c1cccc(NC(=O)c2ccc(NCCCc3ccccc3)nc2)c1. The summed E-state index contributed by atoms with van der Waals surface area (Å²) in [4.78, 5) is 28.3. The Morgan fingerprint density at radius 3 is 2.52 bits per heavy atom. The number of hydrogen-bond donors (Lipinski definition) is 2. The summed E-state index contributed by atoms with van der Waals surface area (Å²) in [5.41, 5.74) is 2.63. The molecule has 1 heterocycles. The summed E-state index contributed by atoms with van der Waals surface area (Å²) in [7, 11) is 1.32. The van der Waals surface area contributed by atoms with Crippen LogP contribution in [0.1, 0.15) is 32.7 Å². The van der Waals surface area contributed by atoms with Gasteiger partial charge in [0.25, 0.3) is 5.91 Å². The first kappa shape index (κ1) is 20.1. The van der Waals surface area contributed by atoms with Crippen molar-refractivity contribution < 1.29 is 14.3 Å². The van der Waals surface area contributed by atoms with Crippen molar-refractivity contribution in [3.8, 4) is 0 Å². The molecule has 6 nitrogen and oxygen atoms in total. The summed E-state index contributed by atoms with van der Waals surface area (Å²) in [5.74, 6) is -0.0251. The molecule has 0 aliphatic carbocycles. The van der Waals surface area contributed by atoms with Gasteiger partial charge in [-0.15, -0.1) is 0 Å². The summed E-state index contributed by atoms with van der Waals surface area (Å²) in [6.07, 6.45) is 3.52. The van der Waals surface area contributed by atoms with Gasteiger partial charge in [-0.1, -0.05) is 36.4 Å². The maximum Gasteiger partial charge on any atom is 0.337 e. The van der Waals surface area contributed by atoms with Crippen molar-refractivity contribution in [2.45, 2.75) is 12.8 Å². The van der Waals surface area contributed by atoms with Gasteiger partial charge in [0.2, 0.25) is 0 Å². The number of pyridine rings is 1. The Balaban J connectivity index is 1.50. The molecule has 3 aromatic rings. The average molecular weight is 389 g/mol. The number of aromatic nitrogens is 1. The van der Waals surface area contributed by atoms with Crippen LogP contribution in [0.5, 0.6) is 0 Å². The van der Waals surface area contributed by atoms with Crippen molar-refractivity contribution in [1.29, 1.82) is 0 Å². The molecule has 0 saturated carbocycles. The highest BCUT2D eigenvalue weighted by molar-refractivity contribution is 6.04. The van der Waals surface area contributed by atoms with Crippen molar-refractivity contribution in [2.24, 2.45) is 0 Å². The van der Waals surface area contributed by atoms with Crippen molar-refractivity contribution in [3.05, 3.63) is 89.6 Å². The number of nitrogens with one attached hydrogen (secondary N) is 2. The number of rotatable bonds is 8. The Hall–Kier alpha value is -3.67. The van der Waals surface area contributed by atoms with Crippen LogP contribution in [0.25, 0.3) is 0 Å². The van der Waals surface area contributed by atoms with Crippen LogP contribution >= 0.6 is 0 Å². The van der Waals surface area contributed by atoms with E-state index in [9.17, 15) is 9.59 Å². The van der Waals surface area contributed by atoms with E-state index in [2.05, 4.69) is 27.8 Å². The van der Waals surface area contributed by atoms with E-state index in [1.165, 1.54) is 18.9 Å². The second-order valence-corrected chi connectivity index (χ2v) is 6.47. The van der Waals surface area contributed by atoms with Gasteiger partial charge >= 0.3 is 5.97 Å². The lowest BCUT2D eigenvalue weighted by Gasteiger charge is -2.08. The summed E-state index contributed by atoms with van der Waals surface area (Å²) < 4.78 is 4.69. The molecule has 0 saturated heterocycles. The molecule has 29 heavy (non-hydrogen) atoms. The Morgan fingerprint density at radius 2 is 1.79 bits per heavy atom. The summed E-state index contributed by atoms with van der Waals surface area (Å²) in [6, 6.07) is 20.4. The monoisotopic (exact) mass is 389 g/mol. The van der Waals surface area contributed by atoms with Gasteiger partial charge in [0.15, 0.2) is 0 Å². The Kier molecular flexibility index (Phi) is 6.95. The third-order valence-corrected chi connectivity index (χ3v) is 4.36. The number of amides is 1. The molecule has 3 rings (SSSR count). The van der Waals surface area contributed by atoms with E-state index in [-0.39, 0.29) is 5.91 Å². The van der Waals surface area contributed by atoms with Crippen LogP contribution < -0.4 is 10.6 Å². The Labute approximate surface area is 169 Å². The fraction of sp³-hybridized carbons (Fsp3) is 0.174. The van der Waals surface area contributed by atoms with Gasteiger partial charge < -0.3 is 15.4 Å². The molecular weight excluding hydrogens is 366 g/mol.